The van der Waals surface area contributed by atoms with Crippen molar-refractivity contribution in [3.8, 4) is 44.5 Å². The molecule has 0 fully saturated rings. The van der Waals surface area contributed by atoms with Gasteiger partial charge in [-0.2, -0.15) is 0 Å². The van der Waals surface area contributed by atoms with Crippen LogP contribution in [-0.4, -0.2) is 0 Å². The van der Waals surface area contributed by atoms with Gasteiger partial charge in [-0.3, -0.25) is 0 Å². The minimum Gasteiger partial charge on any atom is -0.455 e. The first kappa shape index (κ1) is 35.3. The van der Waals surface area contributed by atoms with E-state index in [1.165, 1.54) is 60.7 Å². The first-order valence-electron chi connectivity index (χ1n) is 21.2. The quantitative estimate of drug-likeness (QED) is 0.156. The van der Waals surface area contributed by atoms with Crippen molar-refractivity contribution in [1.29, 1.82) is 0 Å². The van der Waals surface area contributed by atoms with Gasteiger partial charge in [-0.25, -0.2) is 0 Å². The highest BCUT2D eigenvalue weighted by molar-refractivity contribution is 6.32. The Labute approximate surface area is 355 Å². The van der Waals surface area contributed by atoms with Crippen molar-refractivity contribution >= 4 is 60.5 Å². The minimum atomic E-state index is -0.165. The van der Waals surface area contributed by atoms with Gasteiger partial charge >= 0.3 is 0 Å². The summed E-state index contributed by atoms with van der Waals surface area (Å²) in [6.07, 6.45) is 0. The molecule has 10 aromatic carbocycles. The van der Waals surface area contributed by atoms with Crippen LogP contribution in [0.25, 0.3) is 88.0 Å². The second-order valence-corrected chi connectivity index (χ2v) is 16.9. The molecule has 0 saturated heterocycles. The molecule has 1 aliphatic rings. The molecule has 2 nitrogen and oxygen atoms in total. The number of benzene rings is 10. The monoisotopic (exact) mass is 779 g/mol. The normalized spacial score (nSPS) is 12.9. The number of rotatable bonds is 6. The van der Waals surface area contributed by atoms with Gasteiger partial charge in [0.2, 0.25) is 0 Å². The van der Waals surface area contributed by atoms with Crippen molar-refractivity contribution in [3.63, 3.8) is 0 Å². The molecule has 12 rings (SSSR count). The summed E-state index contributed by atoms with van der Waals surface area (Å²) in [6, 6.07) is 77.3. The Kier molecular flexibility index (Phi) is 7.92. The predicted molar refractivity (Wildman–Crippen MR) is 257 cm³/mol. The average molecular weight is 780 g/mol. The molecule has 288 valence electrons. The molecule has 0 atom stereocenters. The van der Waals surface area contributed by atoms with Crippen molar-refractivity contribution in [1.82, 2.24) is 0 Å². The largest absolute Gasteiger partial charge is 0.455 e. The van der Waals surface area contributed by atoms with Crippen molar-refractivity contribution in [3.05, 3.63) is 223 Å². The topological polar surface area (TPSA) is 16.4 Å². The summed E-state index contributed by atoms with van der Waals surface area (Å²) < 4.78 is 7.14. The second kappa shape index (κ2) is 13.7. The van der Waals surface area contributed by atoms with E-state index in [1.54, 1.807) is 0 Å². The van der Waals surface area contributed by atoms with Crippen LogP contribution < -0.4 is 4.90 Å². The summed E-state index contributed by atoms with van der Waals surface area (Å²) in [6.45, 7) is 4.72. The molecule has 0 aliphatic heterocycles. The molecule has 11 aromatic rings. The maximum absolute atomic E-state index is 7.14. The van der Waals surface area contributed by atoms with Gasteiger partial charge in [-0.05, 0) is 108 Å². The van der Waals surface area contributed by atoms with Crippen LogP contribution in [0, 0.1) is 0 Å². The van der Waals surface area contributed by atoms with Crippen LogP contribution >= 0.6 is 0 Å². The van der Waals surface area contributed by atoms with E-state index in [1.807, 2.05) is 0 Å². The lowest BCUT2D eigenvalue weighted by Gasteiger charge is -2.29. The lowest BCUT2D eigenvalue weighted by molar-refractivity contribution is 0.660. The fraction of sp³-hybridized carbons (Fsp3) is 0.0508. The van der Waals surface area contributed by atoms with E-state index in [2.05, 4.69) is 231 Å². The van der Waals surface area contributed by atoms with Gasteiger partial charge in [0.15, 0.2) is 0 Å². The molecule has 0 unspecified atom stereocenters. The van der Waals surface area contributed by atoms with Crippen molar-refractivity contribution in [2.75, 3.05) is 4.90 Å². The van der Waals surface area contributed by atoms with Crippen LogP contribution in [0.5, 0.6) is 0 Å². The van der Waals surface area contributed by atoms with Gasteiger partial charge < -0.3 is 9.32 Å². The SMILES string of the molecule is CC1(C)c2ccccc2-c2ccc(N(c3ccc(-c4ccc(-c5ccccc5)cc4)cc3)c3cc(-c4ccccc4)cc4oc5c6ccccc6c6ccccc6c5c34)cc21. The van der Waals surface area contributed by atoms with E-state index >= 15 is 0 Å². The van der Waals surface area contributed by atoms with Crippen molar-refractivity contribution < 1.29 is 4.42 Å². The third-order valence-electron chi connectivity index (χ3n) is 13.1. The summed E-state index contributed by atoms with van der Waals surface area (Å²) in [4.78, 5) is 2.47. The standard InChI is InChI=1S/C59H41NO/c1-59(2)52-24-14-13-21-48(52)49-34-33-45(37-53(49)59)60(44-31-29-42(30-32-44)41-27-25-40(26-28-41)38-15-5-3-6-16-38)54-35-43(39-17-7-4-8-18-39)36-55-57(54)56-50-22-11-9-19-46(50)47-20-10-12-23-51(47)58(56)61-55/h3-37H,1-2H3. The van der Waals surface area contributed by atoms with Gasteiger partial charge in [-0.15, -0.1) is 0 Å². The number of hydrogen-bond donors (Lipinski definition) is 0. The lowest BCUT2D eigenvalue weighted by atomic mass is 9.82. The van der Waals surface area contributed by atoms with Crippen LogP contribution in [0.2, 0.25) is 0 Å². The van der Waals surface area contributed by atoms with E-state index in [0.29, 0.717) is 0 Å². The molecule has 2 heteroatoms. The third kappa shape index (κ3) is 5.56. The van der Waals surface area contributed by atoms with E-state index < -0.39 is 0 Å². The molecule has 0 amide bonds. The molecule has 0 radical (unpaired) electrons. The van der Waals surface area contributed by atoms with Gasteiger partial charge in [0, 0.05) is 27.6 Å². The zero-order chi connectivity index (χ0) is 40.7. The highest BCUT2D eigenvalue weighted by Crippen LogP contribution is 2.53. The average Bonchev–Trinajstić information content (AvgIpc) is 3.83. The fourth-order valence-electron chi connectivity index (χ4n) is 10.0. The highest BCUT2D eigenvalue weighted by Gasteiger charge is 2.36. The molecular formula is C59H41NO. The van der Waals surface area contributed by atoms with E-state index in [4.69, 9.17) is 4.42 Å². The first-order chi connectivity index (χ1) is 30.0. The van der Waals surface area contributed by atoms with Crippen molar-refractivity contribution in [2.45, 2.75) is 19.3 Å². The first-order valence-corrected chi connectivity index (χ1v) is 21.2. The van der Waals surface area contributed by atoms with E-state index in [0.717, 1.165) is 55.5 Å². The van der Waals surface area contributed by atoms with Gasteiger partial charge in [0.1, 0.15) is 11.2 Å². The van der Waals surface area contributed by atoms with Crippen LogP contribution in [0.1, 0.15) is 25.0 Å². The summed E-state index contributed by atoms with van der Waals surface area (Å²) in [5.41, 5.74) is 17.2. The van der Waals surface area contributed by atoms with Crippen LogP contribution in [0.4, 0.5) is 17.1 Å². The van der Waals surface area contributed by atoms with Crippen LogP contribution in [0.3, 0.4) is 0 Å². The fourth-order valence-corrected chi connectivity index (χ4v) is 10.0. The second-order valence-electron chi connectivity index (χ2n) is 16.9. The third-order valence-corrected chi connectivity index (χ3v) is 13.1. The zero-order valence-electron chi connectivity index (χ0n) is 34.1. The molecule has 0 saturated carbocycles. The van der Waals surface area contributed by atoms with Gasteiger partial charge in [0.25, 0.3) is 0 Å². The Balaban J connectivity index is 1.12. The Hall–Kier alpha value is -7.68. The van der Waals surface area contributed by atoms with Gasteiger partial charge in [-0.1, -0.05) is 190 Å². The van der Waals surface area contributed by atoms with Crippen LogP contribution in [0.15, 0.2) is 217 Å². The molecule has 1 heterocycles. The summed E-state index contributed by atoms with van der Waals surface area (Å²) >= 11 is 0. The molecule has 1 aliphatic carbocycles. The molecule has 0 spiro atoms. The number of anilines is 3. The molecule has 0 N–H and O–H groups in total. The highest BCUT2D eigenvalue weighted by atomic mass is 16.3. The number of fused-ring (bicyclic) bond motifs is 11. The van der Waals surface area contributed by atoms with E-state index in [-0.39, 0.29) is 5.41 Å². The molecule has 1 aromatic heterocycles. The summed E-state index contributed by atoms with van der Waals surface area (Å²) in [5, 5.41) is 6.94. The van der Waals surface area contributed by atoms with Crippen molar-refractivity contribution in [2.24, 2.45) is 0 Å². The maximum Gasteiger partial charge on any atom is 0.143 e. The Morgan fingerprint density at radius 2 is 0.852 bits per heavy atom. The maximum atomic E-state index is 7.14. The Morgan fingerprint density at radius 3 is 1.52 bits per heavy atom. The molecular weight excluding hydrogens is 739 g/mol. The Morgan fingerprint density at radius 1 is 0.361 bits per heavy atom. The molecule has 0 bridgehead atoms. The van der Waals surface area contributed by atoms with Crippen LogP contribution in [-0.2, 0) is 5.41 Å². The summed E-state index contributed by atoms with van der Waals surface area (Å²) in [5.74, 6) is 0. The smallest absolute Gasteiger partial charge is 0.143 e. The number of furan rings is 1. The molecule has 61 heavy (non-hydrogen) atoms. The minimum absolute atomic E-state index is 0.165. The van der Waals surface area contributed by atoms with E-state index in [9.17, 15) is 0 Å². The zero-order valence-corrected chi connectivity index (χ0v) is 34.1. The Bertz CT molecular complexity index is 3470. The van der Waals surface area contributed by atoms with Gasteiger partial charge in [0.05, 0.1) is 11.1 Å². The predicted octanol–water partition coefficient (Wildman–Crippen LogP) is 16.7. The lowest BCUT2D eigenvalue weighted by Crippen LogP contribution is -2.16. The summed E-state index contributed by atoms with van der Waals surface area (Å²) in [7, 11) is 0. The number of nitrogens with zero attached hydrogens (tertiary/aromatic N) is 1. The number of hydrogen-bond acceptors (Lipinski definition) is 2.